The lowest BCUT2D eigenvalue weighted by molar-refractivity contribution is -0.121. The molecule has 0 fully saturated rings. The second kappa shape index (κ2) is 7.66. The lowest BCUT2D eigenvalue weighted by Crippen LogP contribution is -2.29. The van der Waals surface area contributed by atoms with Gasteiger partial charge in [0.1, 0.15) is 0 Å². The van der Waals surface area contributed by atoms with Crippen molar-refractivity contribution in [2.45, 2.75) is 19.4 Å². The second-order valence-corrected chi connectivity index (χ2v) is 4.49. The minimum Gasteiger partial charge on any atom is -0.356 e. The van der Waals surface area contributed by atoms with Crippen LogP contribution < -0.4 is 10.9 Å². The van der Waals surface area contributed by atoms with E-state index < -0.39 is 0 Å². The zero-order valence-electron chi connectivity index (χ0n) is 11.1. The van der Waals surface area contributed by atoms with Crippen LogP contribution in [-0.2, 0) is 11.3 Å². The molecular weight excluding hydrogens is 230 g/mol. The molecule has 18 heavy (non-hydrogen) atoms. The summed E-state index contributed by atoms with van der Waals surface area (Å²) in [5.41, 5.74) is -0.0714. The lowest BCUT2D eigenvalue weighted by atomic mass is 10.3. The second-order valence-electron chi connectivity index (χ2n) is 4.49. The number of rotatable bonds is 7. The summed E-state index contributed by atoms with van der Waals surface area (Å²) in [6.45, 7) is 2.07. The van der Waals surface area contributed by atoms with E-state index in [4.69, 9.17) is 0 Å². The largest absolute Gasteiger partial charge is 0.356 e. The summed E-state index contributed by atoms with van der Waals surface area (Å²) < 4.78 is 1.54. The maximum atomic E-state index is 11.5. The van der Waals surface area contributed by atoms with Crippen LogP contribution in [0.4, 0.5) is 0 Å². The van der Waals surface area contributed by atoms with Crippen molar-refractivity contribution in [1.29, 1.82) is 0 Å². The van der Waals surface area contributed by atoms with Gasteiger partial charge in [0.15, 0.2) is 0 Å². The third kappa shape index (κ3) is 5.63. The smallest absolute Gasteiger partial charge is 0.250 e. The molecule has 0 aliphatic rings. The van der Waals surface area contributed by atoms with Crippen LogP contribution in [0, 0.1) is 0 Å². The standard InChI is InChI=1S/C13H21N3O2/c1-15(2)9-5-8-14-12(17)7-11-16-10-4-3-6-13(16)18/h3-4,6,10H,5,7-9,11H2,1-2H3,(H,14,17). The Morgan fingerprint density at radius 1 is 1.39 bits per heavy atom. The van der Waals surface area contributed by atoms with Gasteiger partial charge in [-0.25, -0.2) is 0 Å². The Balaban J connectivity index is 2.21. The topological polar surface area (TPSA) is 54.3 Å². The minimum atomic E-state index is -0.0714. The first-order chi connectivity index (χ1) is 8.59. The highest BCUT2D eigenvalue weighted by atomic mass is 16.1. The number of nitrogens with one attached hydrogen (secondary N) is 1. The number of hydrogen-bond donors (Lipinski definition) is 1. The highest BCUT2D eigenvalue weighted by Crippen LogP contribution is 1.88. The first-order valence-electron chi connectivity index (χ1n) is 6.16. The molecule has 1 heterocycles. The zero-order valence-corrected chi connectivity index (χ0v) is 11.1. The van der Waals surface area contributed by atoms with Gasteiger partial charge in [-0.1, -0.05) is 6.07 Å². The Bertz CT molecular complexity index is 426. The third-order valence-electron chi connectivity index (χ3n) is 2.58. The van der Waals surface area contributed by atoms with Crippen LogP contribution in [0.3, 0.4) is 0 Å². The van der Waals surface area contributed by atoms with Crippen LogP contribution >= 0.6 is 0 Å². The van der Waals surface area contributed by atoms with Crippen LogP contribution in [0.1, 0.15) is 12.8 Å². The van der Waals surface area contributed by atoms with Gasteiger partial charge in [0.05, 0.1) is 0 Å². The maximum absolute atomic E-state index is 11.5. The molecule has 0 aliphatic heterocycles. The number of aryl methyl sites for hydroxylation is 1. The number of hydrogen-bond acceptors (Lipinski definition) is 3. The fourth-order valence-electron chi connectivity index (χ4n) is 1.58. The van der Waals surface area contributed by atoms with Crippen molar-refractivity contribution in [3.63, 3.8) is 0 Å². The van der Waals surface area contributed by atoms with Crippen LogP contribution in [0.5, 0.6) is 0 Å². The van der Waals surface area contributed by atoms with Crippen molar-refractivity contribution >= 4 is 5.91 Å². The summed E-state index contributed by atoms with van der Waals surface area (Å²) in [7, 11) is 4.01. The van der Waals surface area contributed by atoms with E-state index in [1.54, 1.807) is 22.9 Å². The summed E-state index contributed by atoms with van der Waals surface area (Å²) in [4.78, 5) is 25.0. The van der Waals surface area contributed by atoms with E-state index in [0.717, 1.165) is 13.0 Å². The number of carbonyl (C=O) groups is 1. The average molecular weight is 251 g/mol. The summed E-state index contributed by atoms with van der Waals surface area (Å²) in [5.74, 6) is -0.00971. The molecule has 0 saturated heterocycles. The van der Waals surface area contributed by atoms with E-state index in [9.17, 15) is 9.59 Å². The summed E-state index contributed by atoms with van der Waals surface area (Å²) in [6.07, 6.45) is 2.97. The van der Waals surface area contributed by atoms with E-state index >= 15 is 0 Å². The summed E-state index contributed by atoms with van der Waals surface area (Å²) in [6, 6.07) is 4.98. The number of carbonyl (C=O) groups excluding carboxylic acids is 1. The van der Waals surface area contributed by atoms with Crippen molar-refractivity contribution in [1.82, 2.24) is 14.8 Å². The molecule has 0 aliphatic carbocycles. The molecule has 100 valence electrons. The first-order valence-corrected chi connectivity index (χ1v) is 6.16. The van der Waals surface area contributed by atoms with Gasteiger partial charge in [0, 0.05) is 31.8 Å². The van der Waals surface area contributed by atoms with Crippen molar-refractivity contribution in [3.8, 4) is 0 Å². The number of aromatic nitrogens is 1. The Kier molecular flexibility index (Phi) is 6.14. The molecule has 1 amide bonds. The van der Waals surface area contributed by atoms with E-state index in [-0.39, 0.29) is 11.5 Å². The number of amides is 1. The summed E-state index contributed by atoms with van der Waals surface area (Å²) >= 11 is 0. The first kappa shape index (κ1) is 14.4. The lowest BCUT2D eigenvalue weighted by Gasteiger charge is -2.10. The summed E-state index contributed by atoms with van der Waals surface area (Å²) in [5, 5.41) is 2.85. The molecule has 0 radical (unpaired) electrons. The zero-order chi connectivity index (χ0) is 13.4. The monoisotopic (exact) mass is 251 g/mol. The van der Waals surface area contributed by atoms with Crippen LogP contribution in [-0.4, -0.2) is 42.6 Å². The van der Waals surface area contributed by atoms with Gasteiger partial charge in [0.2, 0.25) is 5.91 Å². The molecule has 0 atom stereocenters. The Hall–Kier alpha value is -1.62. The molecular formula is C13H21N3O2. The van der Waals surface area contributed by atoms with E-state index in [1.807, 2.05) is 14.1 Å². The van der Waals surface area contributed by atoms with Gasteiger partial charge >= 0.3 is 0 Å². The molecule has 1 aromatic rings. The molecule has 0 aromatic carbocycles. The molecule has 0 bridgehead atoms. The molecule has 0 unspecified atom stereocenters. The van der Waals surface area contributed by atoms with E-state index in [2.05, 4.69) is 10.2 Å². The molecule has 5 heteroatoms. The van der Waals surface area contributed by atoms with Gasteiger partial charge in [-0.2, -0.15) is 0 Å². The minimum absolute atomic E-state index is 0.00971. The van der Waals surface area contributed by atoms with Crippen molar-refractivity contribution < 1.29 is 4.79 Å². The number of nitrogens with zero attached hydrogens (tertiary/aromatic N) is 2. The molecule has 0 spiro atoms. The molecule has 1 aromatic heterocycles. The van der Waals surface area contributed by atoms with Crippen molar-refractivity contribution in [2.24, 2.45) is 0 Å². The van der Waals surface area contributed by atoms with E-state index in [0.29, 0.717) is 19.5 Å². The van der Waals surface area contributed by atoms with Gasteiger partial charge in [-0.05, 0) is 33.1 Å². The van der Waals surface area contributed by atoms with Crippen molar-refractivity contribution in [2.75, 3.05) is 27.2 Å². The number of pyridine rings is 1. The molecule has 1 N–H and O–H groups in total. The predicted octanol–water partition coefficient (Wildman–Crippen LogP) is 0.306. The molecule has 1 rings (SSSR count). The highest BCUT2D eigenvalue weighted by molar-refractivity contribution is 5.75. The van der Waals surface area contributed by atoms with Crippen molar-refractivity contribution in [3.05, 3.63) is 34.7 Å². The van der Waals surface area contributed by atoms with Crippen LogP contribution in [0.15, 0.2) is 29.2 Å². The maximum Gasteiger partial charge on any atom is 0.250 e. The Morgan fingerprint density at radius 2 is 2.17 bits per heavy atom. The Labute approximate surface area is 107 Å². The molecule has 0 saturated carbocycles. The highest BCUT2D eigenvalue weighted by Gasteiger charge is 2.02. The fourth-order valence-corrected chi connectivity index (χ4v) is 1.58. The fraction of sp³-hybridized carbons (Fsp3) is 0.538. The average Bonchev–Trinajstić information content (AvgIpc) is 2.33. The van der Waals surface area contributed by atoms with Gasteiger partial charge < -0.3 is 14.8 Å². The molecule has 5 nitrogen and oxygen atoms in total. The third-order valence-corrected chi connectivity index (χ3v) is 2.58. The van der Waals surface area contributed by atoms with Gasteiger partial charge in [-0.3, -0.25) is 9.59 Å². The van der Waals surface area contributed by atoms with E-state index in [1.165, 1.54) is 6.07 Å². The SMILES string of the molecule is CN(C)CCCNC(=O)CCn1ccccc1=O. The quantitative estimate of drug-likeness (QED) is 0.709. The van der Waals surface area contributed by atoms with Gasteiger partial charge in [-0.15, -0.1) is 0 Å². The Morgan fingerprint density at radius 3 is 2.83 bits per heavy atom. The van der Waals surface area contributed by atoms with Crippen LogP contribution in [0.25, 0.3) is 0 Å². The van der Waals surface area contributed by atoms with Gasteiger partial charge in [0.25, 0.3) is 5.56 Å². The predicted molar refractivity (Wildman–Crippen MR) is 71.5 cm³/mol. The normalized spacial score (nSPS) is 10.6. The van der Waals surface area contributed by atoms with Crippen LogP contribution in [0.2, 0.25) is 0 Å².